The predicted molar refractivity (Wildman–Crippen MR) is 95.4 cm³/mol. The Hall–Kier alpha value is -2.97. The zero-order valence-electron chi connectivity index (χ0n) is 14.0. The number of aromatic nitrogens is 2. The first kappa shape index (κ1) is 17.8. The van der Waals surface area contributed by atoms with Gasteiger partial charge in [-0.1, -0.05) is 18.2 Å². The third kappa shape index (κ3) is 3.81. The zero-order valence-corrected chi connectivity index (χ0v) is 14.8. The second-order valence-electron chi connectivity index (χ2n) is 5.44. The van der Waals surface area contributed by atoms with Gasteiger partial charge in [-0.3, -0.25) is 0 Å². The van der Waals surface area contributed by atoms with Crippen LogP contribution in [0.1, 0.15) is 15.9 Å². The quantitative estimate of drug-likeness (QED) is 0.671. The summed E-state index contributed by atoms with van der Waals surface area (Å²) in [6.45, 7) is 0.120. The van der Waals surface area contributed by atoms with Gasteiger partial charge >= 0.3 is 5.97 Å². The Balaban J connectivity index is 1.78. The molecule has 0 radical (unpaired) electrons. The Morgan fingerprint density at radius 1 is 1.15 bits per heavy atom. The van der Waals surface area contributed by atoms with Crippen molar-refractivity contribution in [1.29, 1.82) is 0 Å². The van der Waals surface area contributed by atoms with Crippen LogP contribution in [0, 0.1) is 0 Å². The number of para-hydroxylation sites is 1. The van der Waals surface area contributed by atoms with Crippen molar-refractivity contribution in [2.24, 2.45) is 0 Å². The number of nitrogens with zero attached hydrogens (tertiary/aromatic N) is 2. The number of nitrogens with one attached hydrogen (secondary N) is 1. The maximum Gasteiger partial charge on any atom is 0.337 e. The topological polar surface area (TPSA) is 90.3 Å². The van der Waals surface area contributed by atoms with Crippen LogP contribution in [0.2, 0.25) is 0 Å². The highest BCUT2D eigenvalue weighted by Gasteiger charge is 2.16. The first-order chi connectivity index (χ1) is 12.5. The van der Waals surface area contributed by atoms with Gasteiger partial charge < -0.3 is 9.30 Å². The van der Waals surface area contributed by atoms with E-state index in [0.717, 1.165) is 11.3 Å². The molecule has 134 valence electrons. The summed E-state index contributed by atoms with van der Waals surface area (Å²) in [6, 6.07) is 13.0. The Morgan fingerprint density at radius 3 is 2.54 bits per heavy atom. The highest BCUT2D eigenvalue weighted by Crippen LogP contribution is 2.16. The maximum absolute atomic E-state index is 12.5. The van der Waals surface area contributed by atoms with Gasteiger partial charge in [0.05, 0.1) is 29.6 Å². The molecule has 0 amide bonds. The van der Waals surface area contributed by atoms with Crippen molar-refractivity contribution in [3.05, 3.63) is 78.4 Å². The second kappa shape index (κ2) is 7.51. The number of sulfonamides is 1. The smallest absolute Gasteiger partial charge is 0.337 e. The van der Waals surface area contributed by atoms with Crippen molar-refractivity contribution in [2.45, 2.75) is 11.4 Å². The molecular formula is C18H17N3O4S. The molecule has 7 nitrogen and oxygen atoms in total. The summed E-state index contributed by atoms with van der Waals surface area (Å²) in [5.41, 5.74) is 1.94. The van der Waals surface area contributed by atoms with Crippen molar-refractivity contribution in [1.82, 2.24) is 14.3 Å². The van der Waals surface area contributed by atoms with Crippen LogP contribution in [0.5, 0.6) is 0 Å². The van der Waals surface area contributed by atoms with Gasteiger partial charge in [0.15, 0.2) is 0 Å². The monoisotopic (exact) mass is 371 g/mol. The SMILES string of the molecule is COC(=O)c1ccc(S(=O)(=O)NCc2ccccc2-n2ccnc2)cc1. The van der Waals surface area contributed by atoms with E-state index in [0.29, 0.717) is 0 Å². The lowest BCUT2D eigenvalue weighted by molar-refractivity contribution is 0.0600. The molecule has 0 fully saturated rings. The number of benzene rings is 2. The minimum absolute atomic E-state index is 0.0743. The van der Waals surface area contributed by atoms with E-state index >= 15 is 0 Å². The van der Waals surface area contributed by atoms with Crippen molar-refractivity contribution >= 4 is 16.0 Å². The third-order valence-corrected chi connectivity index (χ3v) is 5.23. The van der Waals surface area contributed by atoms with Gasteiger partial charge in [-0.25, -0.2) is 22.9 Å². The Morgan fingerprint density at radius 2 is 1.88 bits per heavy atom. The number of carbonyl (C=O) groups excluding carboxylic acids is 1. The molecule has 0 atom stereocenters. The molecule has 0 aliphatic heterocycles. The van der Waals surface area contributed by atoms with Gasteiger partial charge in [-0.05, 0) is 35.9 Å². The van der Waals surface area contributed by atoms with Crippen molar-refractivity contribution in [3.63, 3.8) is 0 Å². The van der Waals surface area contributed by atoms with E-state index in [1.54, 1.807) is 18.7 Å². The van der Waals surface area contributed by atoms with Crippen molar-refractivity contribution in [3.8, 4) is 5.69 Å². The molecule has 3 rings (SSSR count). The lowest BCUT2D eigenvalue weighted by Crippen LogP contribution is -2.24. The van der Waals surface area contributed by atoms with Crippen LogP contribution in [0.25, 0.3) is 5.69 Å². The number of imidazole rings is 1. The maximum atomic E-state index is 12.5. The minimum atomic E-state index is -3.72. The van der Waals surface area contributed by atoms with Gasteiger partial charge in [0.1, 0.15) is 0 Å². The third-order valence-electron chi connectivity index (χ3n) is 3.81. The predicted octanol–water partition coefficient (Wildman–Crippen LogP) is 2.14. The number of hydrogen-bond acceptors (Lipinski definition) is 5. The summed E-state index contributed by atoms with van der Waals surface area (Å²) in [5.74, 6) is -0.517. The molecule has 3 aromatic rings. The van der Waals surface area contributed by atoms with Crippen LogP contribution < -0.4 is 4.72 Å². The highest BCUT2D eigenvalue weighted by molar-refractivity contribution is 7.89. The van der Waals surface area contributed by atoms with Gasteiger partial charge in [0, 0.05) is 18.9 Å². The number of methoxy groups -OCH3 is 1. The molecule has 0 saturated carbocycles. The molecule has 0 spiro atoms. The first-order valence-corrected chi connectivity index (χ1v) is 9.24. The highest BCUT2D eigenvalue weighted by atomic mass is 32.2. The van der Waals surface area contributed by atoms with E-state index in [1.165, 1.54) is 31.4 Å². The fourth-order valence-electron chi connectivity index (χ4n) is 2.46. The number of hydrogen-bond donors (Lipinski definition) is 1. The molecule has 8 heteroatoms. The van der Waals surface area contributed by atoms with Gasteiger partial charge in [0.25, 0.3) is 0 Å². The van der Waals surface area contributed by atoms with Gasteiger partial charge in [-0.15, -0.1) is 0 Å². The first-order valence-electron chi connectivity index (χ1n) is 7.75. The van der Waals surface area contributed by atoms with Crippen molar-refractivity contribution in [2.75, 3.05) is 7.11 Å². The molecule has 1 aromatic heterocycles. The van der Waals surface area contributed by atoms with E-state index < -0.39 is 16.0 Å². The number of carbonyl (C=O) groups is 1. The largest absolute Gasteiger partial charge is 0.465 e. The summed E-state index contributed by atoms with van der Waals surface area (Å²) in [6.07, 6.45) is 5.10. The summed E-state index contributed by atoms with van der Waals surface area (Å²) in [4.78, 5) is 15.5. The average molecular weight is 371 g/mol. The molecule has 1 N–H and O–H groups in total. The fourth-order valence-corrected chi connectivity index (χ4v) is 3.46. The number of esters is 1. The van der Waals surface area contributed by atoms with E-state index in [-0.39, 0.29) is 17.0 Å². The lowest BCUT2D eigenvalue weighted by Gasteiger charge is -2.12. The summed E-state index contributed by atoms with van der Waals surface area (Å²) >= 11 is 0. The van der Waals surface area contributed by atoms with Crippen LogP contribution in [-0.2, 0) is 21.3 Å². The van der Waals surface area contributed by atoms with Crippen molar-refractivity contribution < 1.29 is 17.9 Å². The van der Waals surface area contributed by atoms with Crippen LogP contribution in [0.3, 0.4) is 0 Å². The van der Waals surface area contributed by atoms with E-state index in [4.69, 9.17) is 0 Å². The second-order valence-corrected chi connectivity index (χ2v) is 7.21. The number of ether oxygens (including phenoxy) is 1. The lowest BCUT2D eigenvalue weighted by atomic mass is 10.2. The Bertz CT molecular complexity index is 997. The molecule has 0 unspecified atom stereocenters. The average Bonchev–Trinajstić information content (AvgIpc) is 3.21. The molecule has 0 aliphatic rings. The molecule has 0 bridgehead atoms. The van der Waals surface area contributed by atoms with Crippen LogP contribution in [-0.4, -0.2) is 31.0 Å². The molecule has 0 saturated heterocycles. The van der Waals surface area contributed by atoms with Crippen LogP contribution in [0.15, 0.2) is 72.1 Å². The van der Waals surface area contributed by atoms with Gasteiger partial charge in [0.2, 0.25) is 10.0 Å². The molecule has 1 heterocycles. The zero-order chi connectivity index (χ0) is 18.6. The molecular weight excluding hydrogens is 354 g/mol. The molecule has 2 aromatic carbocycles. The summed E-state index contributed by atoms with van der Waals surface area (Å²) in [7, 11) is -2.45. The van der Waals surface area contributed by atoms with E-state index in [9.17, 15) is 13.2 Å². The Labute approximate surface area is 151 Å². The Kier molecular flexibility index (Phi) is 5.15. The van der Waals surface area contributed by atoms with Crippen LogP contribution in [0.4, 0.5) is 0 Å². The summed E-state index contributed by atoms with van der Waals surface area (Å²) < 4.78 is 34.0. The summed E-state index contributed by atoms with van der Waals surface area (Å²) in [5, 5.41) is 0. The number of rotatable bonds is 6. The standard InChI is InChI=1S/C18H17N3O4S/c1-25-18(22)14-6-8-16(9-7-14)26(23,24)20-12-15-4-2-3-5-17(15)21-11-10-19-13-21/h2-11,13,20H,12H2,1H3. The fraction of sp³-hybridized carbons (Fsp3) is 0.111. The minimum Gasteiger partial charge on any atom is -0.465 e. The normalized spacial score (nSPS) is 11.3. The van der Waals surface area contributed by atoms with Gasteiger partial charge in [-0.2, -0.15) is 0 Å². The molecule has 26 heavy (non-hydrogen) atoms. The van der Waals surface area contributed by atoms with E-state index in [1.807, 2.05) is 28.8 Å². The van der Waals surface area contributed by atoms with E-state index in [2.05, 4.69) is 14.4 Å². The molecule has 0 aliphatic carbocycles. The van der Waals surface area contributed by atoms with Crippen LogP contribution >= 0.6 is 0 Å².